The average molecular weight is 723 g/mol. The summed E-state index contributed by atoms with van der Waals surface area (Å²) < 4.78 is 2.57. The number of hydrogen-bond donors (Lipinski definition) is 0. The summed E-state index contributed by atoms with van der Waals surface area (Å²) in [6.07, 6.45) is 6.51. The lowest BCUT2D eigenvalue weighted by Gasteiger charge is -2.36. The molecule has 3 heteroatoms. The third-order valence-corrected chi connectivity index (χ3v) is 13.2. The Hall–Kier alpha value is -6.16. The number of thiophene rings is 1. The lowest BCUT2D eigenvalue weighted by molar-refractivity contribution is 0.353. The first kappa shape index (κ1) is 32.3. The van der Waals surface area contributed by atoms with Gasteiger partial charge in [-0.15, -0.1) is 11.3 Å². The highest BCUT2D eigenvalue weighted by atomic mass is 32.1. The van der Waals surface area contributed by atoms with Gasteiger partial charge in [0.1, 0.15) is 0 Å². The van der Waals surface area contributed by atoms with Crippen molar-refractivity contribution in [3.8, 4) is 67.3 Å². The molecule has 0 bridgehead atoms. The molecule has 1 saturated carbocycles. The minimum Gasteiger partial charge on any atom is -0.228 e. The summed E-state index contributed by atoms with van der Waals surface area (Å²) in [5, 5.41) is 2.58. The van der Waals surface area contributed by atoms with E-state index < -0.39 is 0 Å². The molecule has 2 nitrogen and oxygen atoms in total. The van der Waals surface area contributed by atoms with E-state index in [-0.39, 0.29) is 5.41 Å². The van der Waals surface area contributed by atoms with E-state index in [0.29, 0.717) is 0 Å². The first-order chi connectivity index (χ1) is 27.2. The Morgan fingerprint density at radius 3 is 1.65 bits per heavy atom. The minimum absolute atomic E-state index is 0.190. The number of nitrogens with zero attached hydrogens (tertiary/aromatic N) is 2. The molecule has 0 aliphatic heterocycles. The molecule has 55 heavy (non-hydrogen) atoms. The van der Waals surface area contributed by atoms with Crippen molar-refractivity contribution in [3.63, 3.8) is 0 Å². The fourth-order valence-electron chi connectivity index (χ4n) is 9.38. The molecule has 11 rings (SSSR count). The van der Waals surface area contributed by atoms with Crippen LogP contribution in [0.4, 0.5) is 0 Å². The highest BCUT2D eigenvalue weighted by molar-refractivity contribution is 7.25. The van der Waals surface area contributed by atoms with Crippen LogP contribution in [-0.2, 0) is 5.41 Å². The van der Waals surface area contributed by atoms with E-state index >= 15 is 0 Å². The molecule has 0 unspecified atom stereocenters. The van der Waals surface area contributed by atoms with E-state index in [1.807, 2.05) is 29.5 Å². The second-order valence-electron chi connectivity index (χ2n) is 15.2. The third kappa shape index (κ3) is 5.45. The summed E-state index contributed by atoms with van der Waals surface area (Å²) in [4.78, 5) is 10.2. The fraction of sp³-hybridized carbons (Fsp3) is 0.115. The van der Waals surface area contributed by atoms with E-state index in [4.69, 9.17) is 9.97 Å². The Balaban J connectivity index is 0.971. The van der Waals surface area contributed by atoms with Crippen LogP contribution in [0.1, 0.15) is 43.2 Å². The number of hydrogen-bond acceptors (Lipinski definition) is 3. The van der Waals surface area contributed by atoms with Crippen molar-refractivity contribution >= 4 is 31.5 Å². The summed E-state index contributed by atoms with van der Waals surface area (Å²) in [5.74, 6) is 0.729. The van der Waals surface area contributed by atoms with Gasteiger partial charge in [0, 0.05) is 42.3 Å². The standard InChI is InChI=1S/C52H38N2S/c1-4-12-34(13-5-1)35-18-20-36(21-19-35)47-33-48(54-51(53-47)37-14-6-2-7-15-37)40-23-26-43-42-25-22-39(31-49(42)55-50(43)32-40)38-24-27-46-44(30-38)41-16-8-9-17-45(41)52(46)28-10-3-11-29-52/h1-2,4-9,12-27,30-33H,3,10-11,28-29H2. The second kappa shape index (κ2) is 13.0. The van der Waals surface area contributed by atoms with Crippen LogP contribution in [0.25, 0.3) is 87.5 Å². The highest BCUT2D eigenvalue weighted by Gasteiger charge is 2.43. The van der Waals surface area contributed by atoms with Gasteiger partial charge in [-0.3, -0.25) is 0 Å². The Kier molecular flexibility index (Phi) is 7.63. The Morgan fingerprint density at radius 1 is 0.382 bits per heavy atom. The lowest BCUT2D eigenvalue weighted by atomic mass is 9.68. The summed E-state index contributed by atoms with van der Waals surface area (Å²) in [6.45, 7) is 0. The van der Waals surface area contributed by atoms with Crippen molar-refractivity contribution in [3.05, 3.63) is 181 Å². The van der Waals surface area contributed by atoms with Crippen LogP contribution in [0.15, 0.2) is 170 Å². The molecule has 2 heterocycles. The maximum Gasteiger partial charge on any atom is 0.160 e. The monoisotopic (exact) mass is 722 g/mol. The van der Waals surface area contributed by atoms with Crippen LogP contribution in [0, 0.1) is 0 Å². The summed E-state index contributed by atoms with van der Waals surface area (Å²) >= 11 is 1.87. The van der Waals surface area contributed by atoms with Gasteiger partial charge in [-0.25, -0.2) is 9.97 Å². The van der Waals surface area contributed by atoms with Crippen molar-refractivity contribution in [2.24, 2.45) is 0 Å². The maximum absolute atomic E-state index is 5.15. The molecule has 9 aromatic rings. The van der Waals surface area contributed by atoms with Crippen LogP contribution >= 0.6 is 11.3 Å². The van der Waals surface area contributed by atoms with Gasteiger partial charge in [0.15, 0.2) is 5.82 Å². The van der Waals surface area contributed by atoms with Gasteiger partial charge in [-0.05, 0) is 81.6 Å². The zero-order valence-electron chi connectivity index (χ0n) is 30.5. The SMILES string of the molecule is c1ccc(-c2ccc(-c3cc(-c4ccc5c(c4)sc4cc(-c6ccc7c(c6)-c6ccccc6C76CCCCC6)ccc45)nc(-c4ccccc4)n3)cc2)cc1. The number of fused-ring (bicyclic) bond motifs is 8. The van der Waals surface area contributed by atoms with Gasteiger partial charge in [0.05, 0.1) is 11.4 Å². The Labute approximate surface area is 325 Å². The van der Waals surface area contributed by atoms with E-state index in [1.165, 1.54) is 85.7 Å². The molecular weight excluding hydrogens is 685 g/mol. The second-order valence-corrected chi connectivity index (χ2v) is 16.3. The molecule has 1 spiro atoms. The molecule has 0 saturated heterocycles. The Morgan fingerprint density at radius 2 is 0.909 bits per heavy atom. The average Bonchev–Trinajstić information content (AvgIpc) is 3.76. The minimum atomic E-state index is 0.190. The molecule has 262 valence electrons. The van der Waals surface area contributed by atoms with E-state index in [9.17, 15) is 0 Å². The first-order valence-corrected chi connectivity index (χ1v) is 20.3. The number of rotatable bonds is 5. The largest absolute Gasteiger partial charge is 0.228 e. The molecule has 2 aliphatic rings. The molecule has 0 atom stereocenters. The normalized spacial score (nSPS) is 14.3. The van der Waals surface area contributed by atoms with Gasteiger partial charge in [-0.1, -0.05) is 165 Å². The van der Waals surface area contributed by atoms with Crippen LogP contribution in [0.5, 0.6) is 0 Å². The van der Waals surface area contributed by atoms with Crippen molar-refractivity contribution in [1.29, 1.82) is 0 Å². The zero-order valence-corrected chi connectivity index (χ0v) is 31.3. The molecule has 0 radical (unpaired) electrons. The number of aromatic nitrogens is 2. The van der Waals surface area contributed by atoms with E-state index in [0.717, 1.165) is 33.9 Å². The topological polar surface area (TPSA) is 25.8 Å². The molecule has 0 N–H and O–H groups in total. The van der Waals surface area contributed by atoms with Gasteiger partial charge >= 0.3 is 0 Å². The van der Waals surface area contributed by atoms with Gasteiger partial charge in [-0.2, -0.15) is 0 Å². The molecular formula is C52H38N2S. The zero-order chi connectivity index (χ0) is 36.3. The number of benzene rings is 7. The van der Waals surface area contributed by atoms with E-state index in [1.54, 1.807) is 11.1 Å². The van der Waals surface area contributed by atoms with Gasteiger partial charge < -0.3 is 0 Å². The highest BCUT2D eigenvalue weighted by Crippen LogP contribution is 2.56. The van der Waals surface area contributed by atoms with Crippen LogP contribution < -0.4 is 0 Å². The van der Waals surface area contributed by atoms with Crippen LogP contribution in [0.3, 0.4) is 0 Å². The van der Waals surface area contributed by atoms with Crippen molar-refractivity contribution < 1.29 is 0 Å². The van der Waals surface area contributed by atoms with Crippen LogP contribution in [-0.4, -0.2) is 9.97 Å². The summed E-state index contributed by atoms with van der Waals surface area (Å²) in [5.41, 5.74) is 16.1. The molecule has 2 aromatic heterocycles. The van der Waals surface area contributed by atoms with Crippen molar-refractivity contribution in [1.82, 2.24) is 9.97 Å². The van der Waals surface area contributed by atoms with E-state index in [2.05, 4.69) is 152 Å². The van der Waals surface area contributed by atoms with Crippen molar-refractivity contribution in [2.75, 3.05) is 0 Å². The van der Waals surface area contributed by atoms with Crippen molar-refractivity contribution in [2.45, 2.75) is 37.5 Å². The maximum atomic E-state index is 5.15. The first-order valence-electron chi connectivity index (χ1n) is 19.5. The smallest absolute Gasteiger partial charge is 0.160 e. The predicted octanol–water partition coefficient (Wildman–Crippen LogP) is 14.4. The molecule has 0 amide bonds. The fourth-order valence-corrected chi connectivity index (χ4v) is 10.6. The predicted molar refractivity (Wildman–Crippen MR) is 231 cm³/mol. The lowest BCUT2D eigenvalue weighted by Crippen LogP contribution is -2.27. The molecule has 1 fully saturated rings. The van der Waals surface area contributed by atoms with Crippen LogP contribution in [0.2, 0.25) is 0 Å². The summed E-state index contributed by atoms with van der Waals surface area (Å²) in [6, 6.07) is 62.0. The van der Waals surface area contributed by atoms with Gasteiger partial charge in [0.25, 0.3) is 0 Å². The molecule has 7 aromatic carbocycles. The summed E-state index contributed by atoms with van der Waals surface area (Å²) in [7, 11) is 0. The quantitative estimate of drug-likeness (QED) is 0.177. The molecule has 2 aliphatic carbocycles. The third-order valence-electron chi connectivity index (χ3n) is 12.1. The van der Waals surface area contributed by atoms with Gasteiger partial charge in [0.2, 0.25) is 0 Å². The Bertz CT molecular complexity index is 2880.